The Morgan fingerprint density at radius 2 is 2.00 bits per heavy atom. The first-order valence-electron chi connectivity index (χ1n) is 8.81. The van der Waals surface area contributed by atoms with Crippen molar-refractivity contribution in [3.05, 3.63) is 53.6 Å². The summed E-state index contributed by atoms with van der Waals surface area (Å²) < 4.78 is 33.8. The van der Waals surface area contributed by atoms with Gasteiger partial charge in [0.25, 0.3) is 5.91 Å². The van der Waals surface area contributed by atoms with E-state index in [1.165, 1.54) is 44.5 Å². The van der Waals surface area contributed by atoms with Gasteiger partial charge < -0.3 is 15.8 Å². The number of ether oxygens (including phenoxy) is 1. The zero-order valence-corrected chi connectivity index (χ0v) is 15.9. The van der Waals surface area contributed by atoms with Crippen LogP contribution in [-0.4, -0.2) is 29.5 Å². The first-order valence-corrected chi connectivity index (χ1v) is 8.81. The number of nitrogens with two attached hydrogens (primary N) is 1. The molecule has 0 saturated carbocycles. The Labute approximate surface area is 161 Å². The number of carbonyl (C=O) groups excluding carboxylic acids is 1. The molecule has 0 unspecified atom stereocenters. The van der Waals surface area contributed by atoms with Crippen molar-refractivity contribution >= 4 is 17.4 Å². The minimum absolute atomic E-state index is 0.130. The molecule has 1 aromatic carbocycles. The second-order valence-electron chi connectivity index (χ2n) is 7.20. The molecule has 28 heavy (non-hydrogen) atoms. The van der Waals surface area contributed by atoms with Crippen LogP contribution in [-0.2, 0) is 5.54 Å². The van der Waals surface area contributed by atoms with Crippen LogP contribution in [0.2, 0.25) is 0 Å². The summed E-state index contributed by atoms with van der Waals surface area (Å²) in [5, 5.41) is 2.68. The second kappa shape index (κ2) is 7.18. The Morgan fingerprint density at radius 1 is 1.25 bits per heavy atom. The highest BCUT2D eigenvalue weighted by atomic mass is 19.1. The van der Waals surface area contributed by atoms with Crippen LogP contribution in [0.4, 0.5) is 14.5 Å². The van der Waals surface area contributed by atoms with Gasteiger partial charge in [-0.15, -0.1) is 0 Å². The van der Waals surface area contributed by atoms with Gasteiger partial charge in [0.1, 0.15) is 23.1 Å². The number of hydrogen-bond donors (Lipinski definition) is 2. The molecule has 0 spiro atoms. The fraction of sp³-hybridized carbons (Fsp3) is 0.350. The van der Waals surface area contributed by atoms with Gasteiger partial charge in [0.15, 0.2) is 5.67 Å². The lowest BCUT2D eigenvalue weighted by atomic mass is 9.80. The summed E-state index contributed by atoms with van der Waals surface area (Å²) in [4.78, 5) is 20.7. The maximum absolute atomic E-state index is 14.5. The lowest BCUT2D eigenvalue weighted by Gasteiger charge is -2.36. The van der Waals surface area contributed by atoms with E-state index in [4.69, 9.17) is 10.5 Å². The van der Waals surface area contributed by atoms with Crippen molar-refractivity contribution in [2.45, 2.75) is 37.9 Å². The van der Waals surface area contributed by atoms with Crippen molar-refractivity contribution in [2.24, 2.45) is 10.7 Å². The number of hydrogen-bond acceptors (Lipinski definition) is 5. The van der Waals surface area contributed by atoms with E-state index in [-0.39, 0.29) is 29.9 Å². The number of rotatable bonds is 4. The monoisotopic (exact) mass is 388 g/mol. The van der Waals surface area contributed by atoms with Crippen molar-refractivity contribution < 1.29 is 18.3 Å². The average molecular weight is 388 g/mol. The standard InChI is InChI=1S/C20H22F2N4O2/c1-19(22)8-9-20(2,26-18(19)23)14-10-12(4-6-15(14)21)25-17(27)16-7-5-13(28-3)11-24-16/h4-7,10-11H,8-9H2,1-3H3,(H2,23,26)(H,25,27)/t19-,20-/m0/s1. The molecular formula is C20H22F2N4O2. The molecule has 3 rings (SSSR count). The number of benzene rings is 1. The van der Waals surface area contributed by atoms with Gasteiger partial charge in [0.05, 0.1) is 18.8 Å². The molecule has 1 aliphatic rings. The molecule has 1 aromatic heterocycles. The van der Waals surface area contributed by atoms with Crippen molar-refractivity contribution in [1.29, 1.82) is 0 Å². The molecule has 3 N–H and O–H groups in total. The van der Waals surface area contributed by atoms with Crippen LogP contribution in [0.25, 0.3) is 0 Å². The Bertz CT molecular complexity index is 928. The molecular weight excluding hydrogens is 366 g/mol. The van der Waals surface area contributed by atoms with Crippen LogP contribution in [0, 0.1) is 5.82 Å². The summed E-state index contributed by atoms with van der Waals surface area (Å²) in [5.41, 5.74) is 3.84. The molecule has 8 heteroatoms. The quantitative estimate of drug-likeness (QED) is 0.838. The third-order valence-corrected chi connectivity index (χ3v) is 4.99. The molecule has 0 aliphatic carbocycles. The van der Waals surface area contributed by atoms with Crippen LogP contribution >= 0.6 is 0 Å². The van der Waals surface area contributed by atoms with Gasteiger partial charge in [-0.1, -0.05) is 0 Å². The molecule has 1 aliphatic heterocycles. The molecule has 2 heterocycles. The van der Waals surface area contributed by atoms with E-state index in [0.29, 0.717) is 11.4 Å². The van der Waals surface area contributed by atoms with Gasteiger partial charge in [0.2, 0.25) is 0 Å². The molecule has 2 atom stereocenters. The normalized spacial score (nSPS) is 24.4. The van der Waals surface area contributed by atoms with Crippen LogP contribution in [0.5, 0.6) is 5.75 Å². The van der Waals surface area contributed by atoms with E-state index in [1.54, 1.807) is 13.0 Å². The molecule has 1 amide bonds. The summed E-state index contributed by atoms with van der Waals surface area (Å²) in [6, 6.07) is 7.32. The number of nitrogens with zero attached hydrogens (tertiary/aromatic N) is 2. The maximum atomic E-state index is 14.5. The Balaban J connectivity index is 1.87. The Morgan fingerprint density at radius 3 is 2.61 bits per heavy atom. The van der Waals surface area contributed by atoms with E-state index < -0.39 is 22.9 Å². The second-order valence-corrected chi connectivity index (χ2v) is 7.20. The molecule has 0 saturated heterocycles. The Hall–Kier alpha value is -3.03. The zero-order valence-electron chi connectivity index (χ0n) is 15.9. The van der Waals surface area contributed by atoms with Crippen molar-refractivity contribution in [3.8, 4) is 5.75 Å². The molecule has 6 nitrogen and oxygen atoms in total. The van der Waals surface area contributed by atoms with Crippen molar-refractivity contribution in [1.82, 2.24) is 4.98 Å². The number of methoxy groups -OCH3 is 1. The summed E-state index contributed by atoms with van der Waals surface area (Å²) in [6.07, 6.45) is 1.85. The summed E-state index contributed by atoms with van der Waals surface area (Å²) in [6.45, 7) is 3.06. The Kier molecular flexibility index (Phi) is 5.06. The summed E-state index contributed by atoms with van der Waals surface area (Å²) in [7, 11) is 1.50. The van der Waals surface area contributed by atoms with Crippen LogP contribution in [0.15, 0.2) is 41.5 Å². The van der Waals surface area contributed by atoms with Gasteiger partial charge in [-0.05, 0) is 57.0 Å². The summed E-state index contributed by atoms with van der Waals surface area (Å²) >= 11 is 0. The lowest BCUT2D eigenvalue weighted by molar-refractivity contribution is 0.102. The van der Waals surface area contributed by atoms with Crippen LogP contribution in [0.3, 0.4) is 0 Å². The SMILES string of the molecule is COc1ccc(C(=O)Nc2ccc(F)c([C@]3(C)CC[C@](C)(F)C(N)=N3)c2)nc1. The van der Waals surface area contributed by atoms with E-state index >= 15 is 0 Å². The predicted molar refractivity (Wildman–Crippen MR) is 103 cm³/mol. The fourth-order valence-electron chi connectivity index (χ4n) is 3.09. The molecule has 0 radical (unpaired) electrons. The third kappa shape index (κ3) is 3.81. The van der Waals surface area contributed by atoms with Gasteiger partial charge in [-0.3, -0.25) is 9.79 Å². The van der Waals surface area contributed by atoms with E-state index in [0.717, 1.165) is 0 Å². The maximum Gasteiger partial charge on any atom is 0.274 e. The van der Waals surface area contributed by atoms with E-state index in [2.05, 4.69) is 15.3 Å². The zero-order chi connectivity index (χ0) is 20.5. The fourth-order valence-corrected chi connectivity index (χ4v) is 3.09. The van der Waals surface area contributed by atoms with Crippen LogP contribution < -0.4 is 15.8 Å². The van der Waals surface area contributed by atoms with E-state index in [9.17, 15) is 13.6 Å². The van der Waals surface area contributed by atoms with Crippen molar-refractivity contribution in [2.75, 3.05) is 12.4 Å². The number of amides is 1. The number of halogens is 2. The number of carbonyl (C=O) groups is 1. The number of anilines is 1. The van der Waals surface area contributed by atoms with Gasteiger partial charge in [0, 0.05) is 11.3 Å². The number of pyridine rings is 1. The largest absolute Gasteiger partial charge is 0.495 e. The number of aromatic nitrogens is 1. The number of amidine groups is 1. The molecule has 0 fully saturated rings. The summed E-state index contributed by atoms with van der Waals surface area (Å²) in [5.74, 6) is -0.575. The first-order chi connectivity index (χ1) is 13.1. The highest BCUT2D eigenvalue weighted by Gasteiger charge is 2.41. The highest BCUT2D eigenvalue weighted by molar-refractivity contribution is 6.02. The van der Waals surface area contributed by atoms with Crippen LogP contribution in [0.1, 0.15) is 42.7 Å². The molecule has 2 aromatic rings. The number of alkyl halides is 1. The minimum Gasteiger partial charge on any atom is -0.495 e. The molecule has 0 bridgehead atoms. The van der Waals surface area contributed by atoms with Gasteiger partial charge >= 0.3 is 0 Å². The number of nitrogens with one attached hydrogen (secondary N) is 1. The third-order valence-electron chi connectivity index (χ3n) is 4.99. The minimum atomic E-state index is -1.71. The lowest BCUT2D eigenvalue weighted by Crippen LogP contribution is -2.45. The number of aliphatic imine (C=N–C) groups is 1. The van der Waals surface area contributed by atoms with Gasteiger partial charge in [-0.2, -0.15) is 0 Å². The highest BCUT2D eigenvalue weighted by Crippen LogP contribution is 2.40. The topological polar surface area (TPSA) is 89.6 Å². The predicted octanol–water partition coefficient (Wildman–Crippen LogP) is 3.58. The van der Waals surface area contributed by atoms with Gasteiger partial charge in [-0.25, -0.2) is 13.8 Å². The first kappa shape index (κ1) is 19.7. The molecule has 148 valence electrons. The smallest absolute Gasteiger partial charge is 0.274 e. The van der Waals surface area contributed by atoms with E-state index in [1.807, 2.05) is 0 Å². The van der Waals surface area contributed by atoms with Crippen molar-refractivity contribution in [3.63, 3.8) is 0 Å². The average Bonchev–Trinajstić information content (AvgIpc) is 2.67.